The van der Waals surface area contributed by atoms with Crippen LogP contribution in [0.2, 0.25) is 0 Å². The average molecular weight is 399 g/mol. The molecule has 4 aromatic rings. The Morgan fingerprint density at radius 2 is 1.50 bits per heavy atom. The quantitative estimate of drug-likeness (QED) is 0.335. The van der Waals surface area contributed by atoms with Gasteiger partial charge in [-0.3, -0.25) is 4.79 Å². The van der Waals surface area contributed by atoms with Gasteiger partial charge in [0, 0.05) is 11.1 Å². The number of hydrogen-bond donors (Lipinski definition) is 1. The number of furan rings is 1. The molecule has 1 aromatic heterocycles. The molecule has 30 heavy (non-hydrogen) atoms. The first-order valence-electron chi connectivity index (χ1n) is 9.20. The Bertz CT molecular complexity index is 1170. The maximum Gasteiger partial charge on any atom is 0.374 e. The summed E-state index contributed by atoms with van der Waals surface area (Å²) in [4.78, 5) is 24.1. The highest BCUT2D eigenvalue weighted by atomic mass is 16.5. The number of hydrogen-bond acceptors (Lipinski definition) is 6. The van der Waals surface area contributed by atoms with E-state index in [0.29, 0.717) is 17.0 Å². The lowest BCUT2D eigenvalue weighted by molar-refractivity contribution is -0.119. The van der Waals surface area contributed by atoms with Crippen LogP contribution in [-0.2, 0) is 9.53 Å². The fourth-order valence-electron chi connectivity index (χ4n) is 2.70. The Labute approximate surface area is 172 Å². The van der Waals surface area contributed by atoms with Gasteiger partial charge in [-0.15, -0.1) is 0 Å². The van der Waals surface area contributed by atoms with Crippen molar-refractivity contribution >= 4 is 39.9 Å². The van der Waals surface area contributed by atoms with Crippen LogP contribution in [0.1, 0.15) is 10.6 Å². The van der Waals surface area contributed by atoms with Crippen molar-refractivity contribution in [2.75, 3.05) is 11.9 Å². The predicted octanol–water partition coefficient (Wildman–Crippen LogP) is 5.64. The van der Waals surface area contributed by atoms with Gasteiger partial charge >= 0.3 is 5.97 Å². The largest absolute Gasteiger partial charge is 0.450 e. The zero-order valence-corrected chi connectivity index (χ0v) is 15.8. The molecule has 1 amide bonds. The van der Waals surface area contributed by atoms with Gasteiger partial charge in [-0.05, 0) is 48.5 Å². The molecule has 1 heterocycles. The number of azo groups is 1. The third-order valence-electron chi connectivity index (χ3n) is 4.15. The minimum absolute atomic E-state index is 0.0529. The smallest absolute Gasteiger partial charge is 0.374 e. The van der Waals surface area contributed by atoms with Gasteiger partial charge in [-0.2, -0.15) is 10.2 Å². The second-order valence-electron chi connectivity index (χ2n) is 6.36. The van der Waals surface area contributed by atoms with E-state index in [-0.39, 0.29) is 5.76 Å². The molecule has 0 aliphatic heterocycles. The average Bonchev–Trinajstić information content (AvgIpc) is 3.22. The minimum Gasteiger partial charge on any atom is -0.450 e. The molecule has 0 atom stereocenters. The first kappa shape index (κ1) is 19.1. The van der Waals surface area contributed by atoms with Gasteiger partial charge in [-0.25, -0.2) is 4.79 Å². The number of para-hydroxylation sites is 1. The fraction of sp³-hybridized carbons (Fsp3) is 0.0435. The lowest BCUT2D eigenvalue weighted by Crippen LogP contribution is -2.20. The predicted molar refractivity (Wildman–Crippen MR) is 112 cm³/mol. The van der Waals surface area contributed by atoms with E-state index < -0.39 is 18.5 Å². The second kappa shape index (κ2) is 8.83. The number of amides is 1. The molecule has 0 saturated carbocycles. The van der Waals surface area contributed by atoms with Crippen molar-refractivity contribution in [2.45, 2.75) is 0 Å². The van der Waals surface area contributed by atoms with Crippen molar-refractivity contribution in [3.05, 3.63) is 90.7 Å². The summed E-state index contributed by atoms with van der Waals surface area (Å²) >= 11 is 0. The Hall–Kier alpha value is -4.26. The van der Waals surface area contributed by atoms with Gasteiger partial charge in [0.25, 0.3) is 5.91 Å². The molecule has 0 aliphatic rings. The van der Waals surface area contributed by atoms with Crippen molar-refractivity contribution in [1.82, 2.24) is 0 Å². The maximum atomic E-state index is 12.1. The summed E-state index contributed by atoms with van der Waals surface area (Å²) in [6.45, 7) is -0.425. The molecule has 4 rings (SSSR count). The summed E-state index contributed by atoms with van der Waals surface area (Å²) in [5.41, 5.74) is 2.53. The van der Waals surface area contributed by atoms with E-state index in [1.165, 1.54) is 0 Å². The molecule has 1 N–H and O–H groups in total. The van der Waals surface area contributed by atoms with Gasteiger partial charge in [0.2, 0.25) is 5.76 Å². The Morgan fingerprint density at radius 3 is 2.23 bits per heavy atom. The number of nitrogens with one attached hydrogen (secondary N) is 1. The van der Waals surface area contributed by atoms with Gasteiger partial charge in [0.05, 0.1) is 11.4 Å². The van der Waals surface area contributed by atoms with Crippen LogP contribution in [0.3, 0.4) is 0 Å². The van der Waals surface area contributed by atoms with Crippen molar-refractivity contribution in [3.63, 3.8) is 0 Å². The highest BCUT2D eigenvalue weighted by Gasteiger charge is 2.15. The van der Waals surface area contributed by atoms with E-state index in [4.69, 9.17) is 9.15 Å². The Balaban J connectivity index is 1.29. The van der Waals surface area contributed by atoms with Crippen molar-refractivity contribution in [1.29, 1.82) is 0 Å². The van der Waals surface area contributed by atoms with E-state index in [9.17, 15) is 9.59 Å². The molecule has 7 nitrogen and oxygen atoms in total. The van der Waals surface area contributed by atoms with E-state index in [1.807, 2.05) is 48.5 Å². The number of carbonyl (C=O) groups is 2. The van der Waals surface area contributed by atoms with Crippen LogP contribution < -0.4 is 5.32 Å². The molecule has 0 unspecified atom stereocenters. The first-order valence-corrected chi connectivity index (χ1v) is 9.20. The molecule has 0 spiro atoms. The summed E-state index contributed by atoms with van der Waals surface area (Å²) in [5, 5.41) is 11.7. The SMILES string of the molecule is O=C(COC(=O)c1cc2ccccc2o1)Nc1ccc(N=Nc2ccccc2)cc1. The number of ether oxygens (including phenoxy) is 1. The lowest BCUT2D eigenvalue weighted by Gasteiger charge is -2.05. The number of fused-ring (bicyclic) bond motifs is 1. The van der Waals surface area contributed by atoms with Crippen LogP contribution in [0.25, 0.3) is 11.0 Å². The molecule has 0 saturated heterocycles. The van der Waals surface area contributed by atoms with Crippen LogP contribution in [0, 0.1) is 0 Å². The molecule has 0 aliphatic carbocycles. The van der Waals surface area contributed by atoms with Crippen LogP contribution in [0.15, 0.2) is 99.6 Å². The van der Waals surface area contributed by atoms with Crippen LogP contribution >= 0.6 is 0 Å². The first-order chi connectivity index (χ1) is 14.7. The van der Waals surface area contributed by atoms with Crippen LogP contribution in [0.4, 0.5) is 17.1 Å². The molecule has 3 aromatic carbocycles. The van der Waals surface area contributed by atoms with E-state index in [0.717, 1.165) is 11.1 Å². The second-order valence-corrected chi connectivity index (χ2v) is 6.36. The third kappa shape index (κ3) is 4.77. The molecule has 0 radical (unpaired) electrons. The van der Waals surface area contributed by atoms with Gasteiger partial charge < -0.3 is 14.5 Å². The Morgan fingerprint density at radius 1 is 0.833 bits per heavy atom. The summed E-state index contributed by atoms with van der Waals surface area (Å²) in [7, 11) is 0. The molecular formula is C23H17N3O4. The highest BCUT2D eigenvalue weighted by Crippen LogP contribution is 2.21. The van der Waals surface area contributed by atoms with Crippen molar-refractivity contribution in [2.24, 2.45) is 10.2 Å². The number of esters is 1. The maximum absolute atomic E-state index is 12.1. The highest BCUT2D eigenvalue weighted by molar-refractivity contribution is 5.96. The minimum atomic E-state index is -0.696. The summed E-state index contributed by atoms with van der Waals surface area (Å²) in [6.07, 6.45) is 0. The molecule has 7 heteroatoms. The van der Waals surface area contributed by atoms with Crippen LogP contribution in [-0.4, -0.2) is 18.5 Å². The van der Waals surface area contributed by atoms with E-state index in [2.05, 4.69) is 15.5 Å². The topological polar surface area (TPSA) is 93.3 Å². The van der Waals surface area contributed by atoms with Gasteiger partial charge in [-0.1, -0.05) is 36.4 Å². The summed E-state index contributed by atoms with van der Waals surface area (Å²) in [6, 6.07) is 25.0. The van der Waals surface area contributed by atoms with Crippen molar-refractivity contribution in [3.8, 4) is 0 Å². The lowest BCUT2D eigenvalue weighted by atomic mass is 10.2. The summed E-state index contributed by atoms with van der Waals surface area (Å²) < 4.78 is 10.4. The molecular weight excluding hydrogens is 382 g/mol. The zero-order chi connectivity index (χ0) is 20.8. The fourth-order valence-corrected chi connectivity index (χ4v) is 2.70. The standard InChI is InChI=1S/C23H17N3O4/c27-22(15-29-23(28)21-14-16-6-4-5-9-20(16)30-21)24-17-10-12-19(13-11-17)26-25-18-7-2-1-3-8-18/h1-14H,15H2,(H,24,27). The number of nitrogens with zero attached hydrogens (tertiary/aromatic N) is 2. The van der Waals surface area contributed by atoms with E-state index >= 15 is 0 Å². The van der Waals surface area contributed by atoms with Gasteiger partial charge in [0.1, 0.15) is 5.58 Å². The monoisotopic (exact) mass is 399 g/mol. The zero-order valence-electron chi connectivity index (χ0n) is 15.8. The number of rotatable bonds is 6. The number of carbonyl (C=O) groups excluding carboxylic acids is 2. The number of anilines is 1. The van der Waals surface area contributed by atoms with E-state index in [1.54, 1.807) is 36.4 Å². The number of benzene rings is 3. The third-order valence-corrected chi connectivity index (χ3v) is 4.15. The molecule has 0 fully saturated rings. The molecule has 0 bridgehead atoms. The van der Waals surface area contributed by atoms with Crippen LogP contribution in [0.5, 0.6) is 0 Å². The Kier molecular flexibility index (Phi) is 5.61. The van der Waals surface area contributed by atoms with Gasteiger partial charge in [0.15, 0.2) is 6.61 Å². The molecule has 148 valence electrons. The summed E-state index contributed by atoms with van der Waals surface area (Å²) in [5.74, 6) is -1.10. The van der Waals surface area contributed by atoms with Crippen molar-refractivity contribution < 1.29 is 18.7 Å². The normalized spacial score (nSPS) is 10.9.